The third-order valence-electron chi connectivity index (χ3n) is 2.30. The molecule has 0 aliphatic carbocycles. The van der Waals surface area contributed by atoms with E-state index in [1.165, 1.54) is 6.92 Å². The monoisotopic (exact) mass is 236 g/mol. The SMILES string of the molecule is CCO/C(=C(\C)C(=O)O)c1ccc(OC)cc1. The first kappa shape index (κ1) is 13.1. The predicted molar refractivity (Wildman–Crippen MR) is 64.8 cm³/mol. The zero-order chi connectivity index (χ0) is 12.8. The van der Waals surface area contributed by atoms with Crippen LogP contribution in [0.15, 0.2) is 29.8 Å². The van der Waals surface area contributed by atoms with Crippen molar-refractivity contribution < 1.29 is 19.4 Å². The van der Waals surface area contributed by atoms with Crippen LogP contribution in [0.1, 0.15) is 19.4 Å². The molecular formula is C13H16O4. The molecule has 17 heavy (non-hydrogen) atoms. The summed E-state index contributed by atoms with van der Waals surface area (Å²) in [6, 6.07) is 7.08. The van der Waals surface area contributed by atoms with Gasteiger partial charge in [-0.15, -0.1) is 0 Å². The summed E-state index contributed by atoms with van der Waals surface area (Å²) < 4.78 is 10.4. The van der Waals surface area contributed by atoms with Gasteiger partial charge in [-0.3, -0.25) is 0 Å². The van der Waals surface area contributed by atoms with E-state index in [0.717, 1.165) is 11.3 Å². The van der Waals surface area contributed by atoms with Gasteiger partial charge in [0.05, 0.1) is 19.3 Å². The third kappa shape index (κ3) is 3.24. The van der Waals surface area contributed by atoms with Crippen LogP contribution in [0, 0.1) is 0 Å². The van der Waals surface area contributed by atoms with Crippen molar-refractivity contribution in [2.45, 2.75) is 13.8 Å². The van der Waals surface area contributed by atoms with Gasteiger partial charge in [0.2, 0.25) is 0 Å². The molecule has 0 spiro atoms. The normalized spacial score (nSPS) is 11.7. The fourth-order valence-electron chi connectivity index (χ4n) is 1.39. The van der Waals surface area contributed by atoms with Gasteiger partial charge in [0.1, 0.15) is 11.5 Å². The number of hydrogen-bond donors (Lipinski definition) is 1. The number of hydrogen-bond acceptors (Lipinski definition) is 3. The summed E-state index contributed by atoms with van der Waals surface area (Å²) >= 11 is 0. The van der Waals surface area contributed by atoms with Crippen LogP contribution in [0.3, 0.4) is 0 Å². The van der Waals surface area contributed by atoms with E-state index >= 15 is 0 Å². The van der Waals surface area contributed by atoms with Crippen LogP contribution in [-0.4, -0.2) is 24.8 Å². The van der Waals surface area contributed by atoms with Gasteiger partial charge in [0, 0.05) is 5.56 Å². The van der Waals surface area contributed by atoms with Crippen molar-refractivity contribution >= 4 is 11.7 Å². The lowest BCUT2D eigenvalue weighted by molar-refractivity contribution is -0.132. The molecule has 0 fully saturated rings. The Labute approximate surface area is 100 Å². The smallest absolute Gasteiger partial charge is 0.335 e. The second kappa shape index (κ2) is 5.94. The van der Waals surface area contributed by atoms with Crippen LogP contribution in [0.2, 0.25) is 0 Å². The number of carboxylic acids is 1. The topological polar surface area (TPSA) is 55.8 Å². The lowest BCUT2D eigenvalue weighted by Gasteiger charge is -2.11. The number of carbonyl (C=O) groups is 1. The highest BCUT2D eigenvalue weighted by Crippen LogP contribution is 2.22. The average molecular weight is 236 g/mol. The van der Waals surface area contributed by atoms with Crippen LogP contribution in [0.5, 0.6) is 5.75 Å². The summed E-state index contributed by atoms with van der Waals surface area (Å²) in [5, 5.41) is 8.98. The van der Waals surface area contributed by atoms with Gasteiger partial charge >= 0.3 is 5.97 Å². The molecule has 0 aliphatic heterocycles. The second-order valence-corrected chi connectivity index (χ2v) is 3.42. The molecule has 0 atom stereocenters. The highest BCUT2D eigenvalue weighted by Gasteiger charge is 2.12. The number of carboxylic acid groups (broad SMARTS) is 1. The van der Waals surface area contributed by atoms with Gasteiger partial charge in [0.15, 0.2) is 0 Å². The van der Waals surface area contributed by atoms with E-state index in [1.807, 2.05) is 6.92 Å². The van der Waals surface area contributed by atoms with E-state index in [4.69, 9.17) is 14.6 Å². The second-order valence-electron chi connectivity index (χ2n) is 3.42. The summed E-state index contributed by atoms with van der Waals surface area (Å²) in [6.07, 6.45) is 0. The van der Waals surface area contributed by atoms with Crippen molar-refractivity contribution in [2.24, 2.45) is 0 Å². The van der Waals surface area contributed by atoms with Crippen LogP contribution in [-0.2, 0) is 9.53 Å². The average Bonchev–Trinajstić information content (AvgIpc) is 2.35. The van der Waals surface area contributed by atoms with Gasteiger partial charge in [-0.05, 0) is 38.1 Å². The quantitative estimate of drug-likeness (QED) is 0.630. The maximum absolute atomic E-state index is 10.9. The van der Waals surface area contributed by atoms with Crippen molar-refractivity contribution in [3.63, 3.8) is 0 Å². The lowest BCUT2D eigenvalue weighted by Crippen LogP contribution is -2.03. The van der Waals surface area contributed by atoms with Crippen LogP contribution < -0.4 is 4.74 Å². The maximum Gasteiger partial charge on any atom is 0.335 e. The Bertz CT molecular complexity index is 418. The van der Waals surface area contributed by atoms with Crippen molar-refractivity contribution in [2.75, 3.05) is 13.7 Å². The Morgan fingerprint density at radius 1 is 1.29 bits per heavy atom. The lowest BCUT2D eigenvalue weighted by atomic mass is 10.1. The molecule has 0 heterocycles. The minimum absolute atomic E-state index is 0.192. The Morgan fingerprint density at radius 3 is 2.29 bits per heavy atom. The summed E-state index contributed by atoms with van der Waals surface area (Å²) in [4.78, 5) is 10.9. The summed E-state index contributed by atoms with van der Waals surface area (Å²) in [6.45, 7) is 3.77. The van der Waals surface area contributed by atoms with Gasteiger partial charge < -0.3 is 14.6 Å². The van der Waals surface area contributed by atoms with Crippen molar-refractivity contribution in [1.29, 1.82) is 0 Å². The van der Waals surface area contributed by atoms with E-state index < -0.39 is 5.97 Å². The first-order chi connectivity index (χ1) is 8.10. The standard InChI is InChI=1S/C13H16O4/c1-4-17-12(9(2)13(14)15)10-5-7-11(16-3)8-6-10/h5-8H,4H2,1-3H3,(H,14,15)/b12-9+. The zero-order valence-electron chi connectivity index (χ0n) is 10.2. The molecule has 0 aliphatic rings. The first-order valence-electron chi connectivity index (χ1n) is 5.31. The van der Waals surface area contributed by atoms with Gasteiger partial charge in [-0.1, -0.05) is 0 Å². The highest BCUT2D eigenvalue weighted by molar-refractivity contribution is 5.94. The molecule has 4 nitrogen and oxygen atoms in total. The minimum atomic E-state index is -0.982. The van der Waals surface area contributed by atoms with Crippen molar-refractivity contribution in [3.05, 3.63) is 35.4 Å². The molecule has 0 aromatic heterocycles. The van der Waals surface area contributed by atoms with E-state index in [2.05, 4.69) is 0 Å². The molecule has 1 aromatic carbocycles. The fraction of sp³-hybridized carbons (Fsp3) is 0.308. The van der Waals surface area contributed by atoms with E-state index in [9.17, 15) is 4.79 Å². The Morgan fingerprint density at radius 2 is 1.88 bits per heavy atom. The summed E-state index contributed by atoms with van der Waals surface area (Å²) in [5.41, 5.74) is 0.921. The molecule has 0 radical (unpaired) electrons. The van der Waals surface area contributed by atoms with Crippen LogP contribution >= 0.6 is 0 Å². The Kier molecular flexibility index (Phi) is 4.57. The predicted octanol–water partition coefficient (Wildman–Crippen LogP) is 2.55. The highest BCUT2D eigenvalue weighted by atomic mass is 16.5. The zero-order valence-corrected chi connectivity index (χ0v) is 10.2. The molecule has 0 saturated heterocycles. The number of benzene rings is 1. The molecule has 4 heteroatoms. The van der Waals surface area contributed by atoms with Crippen molar-refractivity contribution in [3.8, 4) is 5.75 Å². The molecule has 1 N–H and O–H groups in total. The Hall–Kier alpha value is -1.97. The third-order valence-corrected chi connectivity index (χ3v) is 2.30. The van der Waals surface area contributed by atoms with Gasteiger partial charge in [-0.25, -0.2) is 4.79 Å². The molecule has 0 unspecified atom stereocenters. The molecule has 0 bridgehead atoms. The van der Waals surface area contributed by atoms with Crippen LogP contribution in [0.4, 0.5) is 0 Å². The largest absolute Gasteiger partial charge is 0.497 e. The molecular weight excluding hydrogens is 220 g/mol. The molecule has 0 amide bonds. The molecule has 1 rings (SSSR count). The van der Waals surface area contributed by atoms with Gasteiger partial charge in [0.25, 0.3) is 0 Å². The number of aliphatic carboxylic acids is 1. The van der Waals surface area contributed by atoms with Gasteiger partial charge in [-0.2, -0.15) is 0 Å². The fourth-order valence-corrected chi connectivity index (χ4v) is 1.39. The Balaban J connectivity index is 3.14. The first-order valence-corrected chi connectivity index (χ1v) is 5.31. The van der Waals surface area contributed by atoms with E-state index in [1.54, 1.807) is 31.4 Å². The summed E-state index contributed by atoms with van der Waals surface area (Å²) in [7, 11) is 1.58. The number of ether oxygens (including phenoxy) is 2. The van der Waals surface area contributed by atoms with Crippen LogP contribution in [0.25, 0.3) is 5.76 Å². The molecule has 92 valence electrons. The maximum atomic E-state index is 10.9. The summed E-state index contributed by atoms with van der Waals surface area (Å²) in [5.74, 6) is 0.129. The van der Waals surface area contributed by atoms with E-state index in [-0.39, 0.29) is 5.57 Å². The number of methoxy groups -OCH3 is 1. The number of rotatable bonds is 5. The minimum Gasteiger partial charge on any atom is -0.497 e. The molecule has 1 aromatic rings. The van der Waals surface area contributed by atoms with E-state index in [0.29, 0.717) is 12.4 Å². The molecule has 0 saturated carbocycles. The van der Waals surface area contributed by atoms with Crippen molar-refractivity contribution in [1.82, 2.24) is 0 Å².